The quantitative estimate of drug-likeness (QED) is 0.805. The zero-order chi connectivity index (χ0) is 15.2. The van der Waals surface area contributed by atoms with E-state index >= 15 is 0 Å². The molecule has 1 aromatic carbocycles. The number of hydrogen-bond donors (Lipinski definition) is 1. The Morgan fingerprint density at radius 2 is 2.13 bits per heavy atom. The van der Waals surface area contributed by atoms with Gasteiger partial charge in [-0.25, -0.2) is 0 Å². The number of nitrogens with zero attached hydrogens (tertiary/aromatic N) is 4. The van der Waals surface area contributed by atoms with Crippen LogP contribution >= 0.6 is 0 Å². The number of fused-ring (bicyclic) bond motifs is 2. The number of nitrogens with one attached hydrogen (secondary N) is 1. The number of aromatic nitrogens is 4. The molecule has 0 amide bonds. The lowest BCUT2D eigenvalue weighted by molar-refractivity contribution is 0.0247. The van der Waals surface area contributed by atoms with Gasteiger partial charge in [-0.15, -0.1) is 10.2 Å². The van der Waals surface area contributed by atoms with Gasteiger partial charge in [0.15, 0.2) is 0 Å². The topological polar surface area (TPSA) is 64.3 Å². The maximum atomic E-state index is 5.70. The summed E-state index contributed by atoms with van der Waals surface area (Å²) in [6.07, 6.45) is 4.29. The summed E-state index contributed by atoms with van der Waals surface area (Å²) in [6, 6.07) is 12.7. The van der Waals surface area contributed by atoms with Crippen molar-refractivity contribution in [2.45, 2.75) is 25.0 Å². The number of ether oxygens (including phenoxy) is 1. The van der Waals surface area contributed by atoms with Gasteiger partial charge in [0.05, 0.1) is 17.5 Å². The minimum Gasteiger partial charge on any atom is -0.379 e. The van der Waals surface area contributed by atoms with Crippen molar-refractivity contribution in [3.8, 4) is 11.3 Å². The van der Waals surface area contributed by atoms with E-state index < -0.39 is 0 Å². The molecule has 116 valence electrons. The molecule has 6 heteroatoms. The van der Waals surface area contributed by atoms with Gasteiger partial charge in [0.2, 0.25) is 5.65 Å². The summed E-state index contributed by atoms with van der Waals surface area (Å²) in [5.41, 5.74) is 3.76. The smallest absolute Gasteiger partial charge is 0.200 e. The van der Waals surface area contributed by atoms with Gasteiger partial charge in [0.1, 0.15) is 6.33 Å². The average Bonchev–Trinajstić information content (AvgIpc) is 3.19. The van der Waals surface area contributed by atoms with Gasteiger partial charge >= 0.3 is 0 Å². The molecular weight excluding hydrogens is 290 g/mol. The molecule has 2 aliphatic rings. The molecule has 1 aliphatic heterocycles. The summed E-state index contributed by atoms with van der Waals surface area (Å²) in [5, 5.41) is 16.5. The van der Waals surface area contributed by atoms with Gasteiger partial charge in [0, 0.05) is 24.1 Å². The molecular formula is C17H17N5O. The Balaban J connectivity index is 1.53. The predicted molar refractivity (Wildman–Crippen MR) is 86.1 cm³/mol. The highest BCUT2D eigenvalue weighted by Gasteiger charge is 2.45. The van der Waals surface area contributed by atoms with E-state index in [0.717, 1.165) is 42.0 Å². The lowest BCUT2D eigenvalue weighted by Crippen LogP contribution is -2.47. The Bertz CT molecular complexity index is 847. The van der Waals surface area contributed by atoms with Gasteiger partial charge in [-0.3, -0.25) is 0 Å². The Labute approximate surface area is 133 Å². The van der Waals surface area contributed by atoms with Crippen molar-refractivity contribution in [2.75, 3.05) is 11.9 Å². The zero-order valence-electron chi connectivity index (χ0n) is 12.6. The highest BCUT2D eigenvalue weighted by Crippen LogP contribution is 2.40. The van der Waals surface area contributed by atoms with Crippen molar-refractivity contribution in [1.29, 1.82) is 0 Å². The molecule has 6 nitrogen and oxygen atoms in total. The SMILES string of the molecule is c1ccc(-c2cc(N[C@@H]3C[C@H]4OCC[C@@H]34)c3nncn3n2)cc1. The fourth-order valence-electron chi connectivity index (χ4n) is 3.65. The van der Waals surface area contributed by atoms with Gasteiger partial charge < -0.3 is 10.1 Å². The highest BCUT2D eigenvalue weighted by molar-refractivity contribution is 5.73. The maximum Gasteiger partial charge on any atom is 0.200 e. The normalized spacial score (nSPS) is 26.0. The van der Waals surface area contributed by atoms with Crippen LogP contribution in [0.5, 0.6) is 0 Å². The van der Waals surface area contributed by atoms with Crippen molar-refractivity contribution < 1.29 is 4.74 Å². The molecule has 1 aliphatic carbocycles. The molecule has 3 atom stereocenters. The molecule has 2 aromatic heterocycles. The molecule has 0 unspecified atom stereocenters. The van der Waals surface area contributed by atoms with Crippen LogP contribution in [0.3, 0.4) is 0 Å². The van der Waals surface area contributed by atoms with E-state index in [1.165, 1.54) is 0 Å². The van der Waals surface area contributed by atoms with E-state index in [-0.39, 0.29) is 0 Å². The molecule has 3 heterocycles. The van der Waals surface area contributed by atoms with Crippen LogP contribution in [-0.4, -0.2) is 38.6 Å². The Morgan fingerprint density at radius 3 is 3.00 bits per heavy atom. The van der Waals surface area contributed by atoms with Crippen LogP contribution in [0.25, 0.3) is 16.9 Å². The van der Waals surface area contributed by atoms with Crippen LogP contribution in [0.2, 0.25) is 0 Å². The molecule has 2 fully saturated rings. The van der Waals surface area contributed by atoms with Crippen LogP contribution in [-0.2, 0) is 4.74 Å². The third-order valence-electron chi connectivity index (χ3n) is 4.94. The molecule has 1 saturated carbocycles. The van der Waals surface area contributed by atoms with E-state index in [9.17, 15) is 0 Å². The van der Waals surface area contributed by atoms with Crippen molar-refractivity contribution >= 4 is 11.3 Å². The molecule has 0 bridgehead atoms. The molecule has 5 rings (SSSR count). The molecule has 3 aromatic rings. The first kappa shape index (κ1) is 13.0. The van der Waals surface area contributed by atoms with Crippen molar-refractivity contribution in [2.24, 2.45) is 5.92 Å². The third-order valence-corrected chi connectivity index (χ3v) is 4.94. The second-order valence-electron chi connectivity index (χ2n) is 6.26. The molecule has 0 spiro atoms. The first-order valence-corrected chi connectivity index (χ1v) is 8.03. The fraction of sp³-hybridized carbons (Fsp3) is 0.353. The van der Waals surface area contributed by atoms with Crippen molar-refractivity contribution in [3.63, 3.8) is 0 Å². The molecule has 1 saturated heterocycles. The number of rotatable bonds is 3. The fourth-order valence-corrected chi connectivity index (χ4v) is 3.65. The van der Waals surface area contributed by atoms with E-state index in [1.54, 1.807) is 10.8 Å². The minimum atomic E-state index is 0.442. The summed E-state index contributed by atoms with van der Waals surface area (Å²) in [4.78, 5) is 0. The van der Waals surface area contributed by atoms with Gasteiger partial charge in [0.25, 0.3) is 0 Å². The summed E-state index contributed by atoms with van der Waals surface area (Å²) < 4.78 is 7.44. The van der Waals surface area contributed by atoms with Crippen LogP contribution in [0, 0.1) is 5.92 Å². The standard InChI is InChI=1S/C17H17N5O/c1-2-4-11(5-3-1)13-8-15(17-20-18-10-22(17)21-13)19-14-9-16-12(14)6-7-23-16/h1-5,8,10,12,14,16,19H,6-7,9H2/t12-,14+,16+/m0/s1. The van der Waals surface area contributed by atoms with Crippen molar-refractivity contribution in [1.82, 2.24) is 19.8 Å². The van der Waals surface area contributed by atoms with E-state index in [4.69, 9.17) is 4.74 Å². The third kappa shape index (κ3) is 2.09. The van der Waals surface area contributed by atoms with Crippen LogP contribution in [0.15, 0.2) is 42.7 Å². The van der Waals surface area contributed by atoms with Gasteiger partial charge in [-0.05, 0) is 18.9 Å². The first-order valence-electron chi connectivity index (χ1n) is 8.03. The molecule has 23 heavy (non-hydrogen) atoms. The minimum absolute atomic E-state index is 0.442. The van der Waals surface area contributed by atoms with Gasteiger partial charge in [-0.2, -0.15) is 9.61 Å². The van der Waals surface area contributed by atoms with Crippen LogP contribution in [0.1, 0.15) is 12.8 Å². The molecule has 1 N–H and O–H groups in total. The van der Waals surface area contributed by atoms with E-state index in [1.807, 2.05) is 18.2 Å². The zero-order valence-corrected chi connectivity index (χ0v) is 12.6. The number of anilines is 1. The lowest BCUT2D eigenvalue weighted by Gasteiger charge is -2.40. The number of benzene rings is 1. The Hall–Kier alpha value is -2.47. The van der Waals surface area contributed by atoms with Crippen molar-refractivity contribution in [3.05, 3.63) is 42.7 Å². The van der Waals surface area contributed by atoms with E-state index in [2.05, 4.69) is 38.8 Å². The van der Waals surface area contributed by atoms with E-state index in [0.29, 0.717) is 18.1 Å². The average molecular weight is 307 g/mol. The largest absolute Gasteiger partial charge is 0.379 e. The van der Waals surface area contributed by atoms with Crippen LogP contribution in [0.4, 0.5) is 5.69 Å². The second kappa shape index (κ2) is 5.03. The Kier molecular flexibility index (Phi) is 2.84. The maximum absolute atomic E-state index is 5.70. The summed E-state index contributed by atoms with van der Waals surface area (Å²) in [7, 11) is 0. The lowest BCUT2D eigenvalue weighted by atomic mass is 9.76. The molecule has 0 radical (unpaired) electrons. The first-order chi connectivity index (χ1) is 11.4. The number of hydrogen-bond acceptors (Lipinski definition) is 5. The summed E-state index contributed by atoms with van der Waals surface area (Å²) in [6.45, 7) is 0.888. The summed E-state index contributed by atoms with van der Waals surface area (Å²) >= 11 is 0. The van der Waals surface area contributed by atoms with Crippen LogP contribution < -0.4 is 5.32 Å². The predicted octanol–water partition coefficient (Wildman–Crippen LogP) is 2.38. The summed E-state index contributed by atoms with van der Waals surface area (Å²) in [5.74, 6) is 0.617. The highest BCUT2D eigenvalue weighted by atomic mass is 16.5. The second-order valence-corrected chi connectivity index (χ2v) is 6.26. The van der Waals surface area contributed by atoms with Gasteiger partial charge in [-0.1, -0.05) is 30.3 Å². The monoisotopic (exact) mass is 307 g/mol. The Morgan fingerprint density at radius 1 is 1.22 bits per heavy atom.